The molecule has 2 aromatic carbocycles. The van der Waals surface area contributed by atoms with Crippen LogP contribution in [0.25, 0.3) is 10.2 Å². The van der Waals surface area contributed by atoms with Crippen LogP contribution in [0.2, 0.25) is 0 Å². The third kappa shape index (κ3) is 4.27. The molecule has 4 nitrogen and oxygen atoms in total. The van der Waals surface area contributed by atoms with Crippen molar-refractivity contribution in [3.8, 4) is 11.8 Å². The van der Waals surface area contributed by atoms with Gasteiger partial charge in [0, 0.05) is 44.4 Å². The predicted octanol–water partition coefficient (Wildman–Crippen LogP) is 4.01. The van der Waals surface area contributed by atoms with Gasteiger partial charge in [-0.25, -0.2) is 4.98 Å². The molecule has 0 N–H and O–H groups in total. The summed E-state index contributed by atoms with van der Waals surface area (Å²) < 4.78 is 1.28. The number of para-hydroxylation sites is 1. The van der Waals surface area contributed by atoms with Crippen molar-refractivity contribution < 1.29 is 0 Å². The van der Waals surface area contributed by atoms with E-state index in [1.54, 1.807) is 0 Å². The number of hydrogen-bond acceptors (Lipinski definition) is 5. The van der Waals surface area contributed by atoms with Crippen LogP contribution in [0.15, 0.2) is 65.9 Å². The van der Waals surface area contributed by atoms with Crippen molar-refractivity contribution in [1.82, 2.24) is 19.7 Å². The Kier molecular flexibility index (Phi) is 5.54. The Labute approximate surface area is 182 Å². The van der Waals surface area contributed by atoms with Crippen LogP contribution in [0, 0.1) is 11.8 Å². The third-order valence-electron chi connectivity index (χ3n) is 5.78. The fourth-order valence-electron chi connectivity index (χ4n) is 4.38. The smallest absolute Gasteiger partial charge is 0.108 e. The van der Waals surface area contributed by atoms with E-state index in [0.29, 0.717) is 0 Å². The molecule has 0 amide bonds. The first-order chi connectivity index (χ1) is 14.7. The first-order valence-corrected chi connectivity index (χ1v) is 11.3. The summed E-state index contributed by atoms with van der Waals surface area (Å²) in [5, 5.41) is 1.20. The van der Waals surface area contributed by atoms with E-state index in [9.17, 15) is 0 Å². The highest BCUT2D eigenvalue weighted by Crippen LogP contribution is 2.28. The van der Waals surface area contributed by atoms with Crippen molar-refractivity contribution >= 4 is 21.6 Å². The fraction of sp³-hybridized carbons (Fsp3) is 0.320. The molecule has 5 heteroatoms. The maximum absolute atomic E-state index is 4.83. The Morgan fingerprint density at radius 2 is 1.80 bits per heavy atom. The van der Waals surface area contributed by atoms with Crippen LogP contribution in [-0.4, -0.2) is 59.6 Å². The van der Waals surface area contributed by atoms with E-state index in [0.717, 1.165) is 56.9 Å². The number of hydrogen-bond donors (Lipinski definition) is 0. The highest BCUT2D eigenvalue weighted by Gasteiger charge is 2.27. The third-order valence-corrected chi connectivity index (χ3v) is 6.80. The lowest BCUT2D eigenvalue weighted by Crippen LogP contribution is -2.47. The maximum atomic E-state index is 4.83. The Balaban J connectivity index is 1.24. The average molecular weight is 415 g/mol. The number of fused-ring (bicyclic) bond motifs is 1. The zero-order valence-corrected chi connectivity index (χ0v) is 18.2. The molecule has 2 aliphatic rings. The van der Waals surface area contributed by atoms with E-state index in [-0.39, 0.29) is 0 Å². The van der Waals surface area contributed by atoms with Gasteiger partial charge >= 0.3 is 0 Å². The second kappa shape index (κ2) is 8.61. The van der Waals surface area contributed by atoms with E-state index in [2.05, 4.69) is 70.0 Å². The molecule has 0 bridgehead atoms. The minimum absolute atomic E-state index is 0.827. The summed E-state index contributed by atoms with van der Waals surface area (Å²) in [5.74, 6) is 6.65. The van der Waals surface area contributed by atoms with Crippen LogP contribution in [0.1, 0.15) is 17.0 Å². The summed E-state index contributed by atoms with van der Waals surface area (Å²) in [4.78, 5) is 12.2. The second-order valence-corrected chi connectivity index (χ2v) is 9.20. The lowest BCUT2D eigenvalue weighted by atomic mass is 10.0. The van der Waals surface area contributed by atoms with Gasteiger partial charge in [-0.2, -0.15) is 0 Å². The summed E-state index contributed by atoms with van der Waals surface area (Å²) >= 11 is 1.82. The van der Waals surface area contributed by atoms with Gasteiger partial charge in [-0.3, -0.25) is 9.80 Å². The molecule has 3 heterocycles. The van der Waals surface area contributed by atoms with Gasteiger partial charge in [0.25, 0.3) is 0 Å². The maximum Gasteiger partial charge on any atom is 0.108 e. The normalized spacial score (nSPS) is 17.7. The van der Waals surface area contributed by atoms with E-state index in [1.165, 1.54) is 21.0 Å². The molecule has 3 aromatic rings. The van der Waals surface area contributed by atoms with Crippen LogP contribution in [-0.2, 0) is 6.54 Å². The number of thiazole rings is 1. The summed E-state index contributed by atoms with van der Waals surface area (Å²) in [6.45, 7) is 5.84. The second-order valence-electron chi connectivity index (χ2n) is 8.08. The molecule has 0 aliphatic carbocycles. The Bertz CT molecular complexity index is 1090. The average Bonchev–Trinajstić information content (AvgIpc) is 3.16. The standard InChI is InChI=1S/C25H26N4S/c1-27-19-29(18-25-26-22-11-5-6-12-24(22)30-25)17-21-16-28(15-13-23(21)27)14-7-10-20-8-3-2-4-9-20/h2-6,8-9,11-12H,13-19H2,1H3. The molecule has 30 heavy (non-hydrogen) atoms. The van der Waals surface area contributed by atoms with Crippen LogP contribution in [0.5, 0.6) is 0 Å². The van der Waals surface area contributed by atoms with E-state index in [1.807, 2.05) is 29.5 Å². The van der Waals surface area contributed by atoms with Crippen molar-refractivity contribution in [2.45, 2.75) is 13.0 Å². The van der Waals surface area contributed by atoms with E-state index < -0.39 is 0 Å². The summed E-state index contributed by atoms with van der Waals surface area (Å²) in [6.07, 6.45) is 1.12. The van der Waals surface area contributed by atoms with E-state index in [4.69, 9.17) is 4.98 Å². The molecule has 152 valence electrons. The molecule has 2 aliphatic heterocycles. The predicted molar refractivity (Wildman–Crippen MR) is 124 cm³/mol. The molecule has 0 radical (unpaired) electrons. The highest BCUT2D eigenvalue weighted by molar-refractivity contribution is 7.18. The lowest BCUT2D eigenvalue weighted by molar-refractivity contribution is 0.137. The minimum Gasteiger partial charge on any atom is -0.365 e. The molecular formula is C25H26N4S. The monoisotopic (exact) mass is 414 g/mol. The topological polar surface area (TPSA) is 22.6 Å². The largest absolute Gasteiger partial charge is 0.365 e. The minimum atomic E-state index is 0.827. The van der Waals surface area contributed by atoms with Gasteiger partial charge in [-0.05, 0) is 29.8 Å². The molecule has 5 rings (SSSR count). The zero-order valence-electron chi connectivity index (χ0n) is 17.3. The van der Waals surface area contributed by atoms with Gasteiger partial charge < -0.3 is 4.90 Å². The fourth-order valence-corrected chi connectivity index (χ4v) is 5.39. The van der Waals surface area contributed by atoms with Crippen molar-refractivity contribution in [2.24, 2.45) is 0 Å². The van der Waals surface area contributed by atoms with Crippen molar-refractivity contribution in [3.05, 3.63) is 76.4 Å². The van der Waals surface area contributed by atoms with Gasteiger partial charge in [0.1, 0.15) is 5.01 Å². The number of aromatic nitrogens is 1. The van der Waals surface area contributed by atoms with Crippen LogP contribution >= 0.6 is 11.3 Å². The van der Waals surface area contributed by atoms with Gasteiger partial charge in [0.05, 0.1) is 30.0 Å². The molecule has 0 unspecified atom stereocenters. The van der Waals surface area contributed by atoms with Gasteiger partial charge in [-0.15, -0.1) is 11.3 Å². The molecular weight excluding hydrogens is 388 g/mol. The lowest BCUT2D eigenvalue weighted by Gasteiger charge is -2.42. The van der Waals surface area contributed by atoms with Gasteiger partial charge in [0.2, 0.25) is 0 Å². The summed E-state index contributed by atoms with van der Waals surface area (Å²) in [5.41, 5.74) is 5.28. The van der Waals surface area contributed by atoms with Crippen LogP contribution in [0.4, 0.5) is 0 Å². The zero-order chi connectivity index (χ0) is 20.3. The van der Waals surface area contributed by atoms with Gasteiger partial charge in [0.15, 0.2) is 0 Å². The summed E-state index contributed by atoms with van der Waals surface area (Å²) in [6, 6.07) is 18.7. The SMILES string of the molecule is CN1CN(Cc2nc3ccccc3s2)CC2=C1CCN(CC#Cc1ccccc1)C2. The Morgan fingerprint density at radius 3 is 2.67 bits per heavy atom. The van der Waals surface area contributed by atoms with Crippen molar-refractivity contribution in [2.75, 3.05) is 39.9 Å². The molecule has 0 atom stereocenters. The Morgan fingerprint density at radius 1 is 1.00 bits per heavy atom. The first-order valence-electron chi connectivity index (χ1n) is 10.5. The van der Waals surface area contributed by atoms with Crippen molar-refractivity contribution in [3.63, 3.8) is 0 Å². The number of benzene rings is 2. The quantitative estimate of drug-likeness (QED) is 0.604. The molecule has 0 saturated heterocycles. The van der Waals surface area contributed by atoms with Crippen molar-refractivity contribution in [1.29, 1.82) is 0 Å². The highest BCUT2D eigenvalue weighted by atomic mass is 32.1. The van der Waals surface area contributed by atoms with Crippen LogP contribution < -0.4 is 0 Å². The summed E-state index contributed by atoms with van der Waals surface area (Å²) in [7, 11) is 2.23. The van der Waals surface area contributed by atoms with E-state index >= 15 is 0 Å². The van der Waals surface area contributed by atoms with Gasteiger partial charge in [-0.1, -0.05) is 42.2 Å². The Hall–Kier alpha value is -2.65. The molecule has 0 spiro atoms. The first kappa shape index (κ1) is 19.3. The number of rotatable bonds is 3. The molecule has 0 fully saturated rings. The van der Waals surface area contributed by atoms with Crippen LogP contribution in [0.3, 0.4) is 0 Å². The molecule has 1 aromatic heterocycles. The molecule has 0 saturated carbocycles. The number of nitrogens with zero attached hydrogens (tertiary/aromatic N) is 4.